The second kappa shape index (κ2) is 10.1. The summed E-state index contributed by atoms with van der Waals surface area (Å²) in [5.74, 6) is 2.64. The van der Waals surface area contributed by atoms with Crippen LogP contribution in [0.3, 0.4) is 0 Å². The SMILES string of the molecule is Cc1cc(C)nc(Nc2cc(-c3ccc(N4CCN(C(C)C)CC4)cc3)cc3c2nc(C2CCC2)n3C)c1. The van der Waals surface area contributed by atoms with Crippen molar-refractivity contribution in [1.82, 2.24) is 19.4 Å². The molecule has 6 nitrogen and oxygen atoms in total. The van der Waals surface area contributed by atoms with E-state index in [1.54, 1.807) is 0 Å². The Balaban J connectivity index is 1.35. The van der Waals surface area contributed by atoms with Crippen molar-refractivity contribution in [2.24, 2.45) is 7.05 Å². The zero-order valence-electron chi connectivity index (χ0n) is 23.5. The van der Waals surface area contributed by atoms with Crippen molar-refractivity contribution >= 4 is 28.2 Å². The van der Waals surface area contributed by atoms with E-state index in [0.717, 1.165) is 48.9 Å². The van der Waals surface area contributed by atoms with Gasteiger partial charge >= 0.3 is 0 Å². The van der Waals surface area contributed by atoms with Gasteiger partial charge < -0.3 is 14.8 Å². The molecule has 38 heavy (non-hydrogen) atoms. The molecule has 0 amide bonds. The lowest BCUT2D eigenvalue weighted by molar-refractivity contribution is 0.209. The number of nitrogens with one attached hydrogen (secondary N) is 1. The lowest BCUT2D eigenvalue weighted by Crippen LogP contribution is -2.48. The molecule has 0 unspecified atom stereocenters. The van der Waals surface area contributed by atoms with Gasteiger partial charge in [-0.3, -0.25) is 4.90 Å². The normalized spacial score (nSPS) is 16.8. The van der Waals surface area contributed by atoms with Gasteiger partial charge in [-0.2, -0.15) is 0 Å². The number of pyridine rings is 1. The first kappa shape index (κ1) is 24.9. The number of fused-ring (bicyclic) bond motifs is 1. The third kappa shape index (κ3) is 4.78. The summed E-state index contributed by atoms with van der Waals surface area (Å²) in [4.78, 5) is 15.0. The first-order valence-corrected chi connectivity index (χ1v) is 14.2. The smallest absolute Gasteiger partial charge is 0.130 e. The van der Waals surface area contributed by atoms with Crippen molar-refractivity contribution in [3.8, 4) is 11.1 Å². The van der Waals surface area contributed by atoms with Crippen LogP contribution in [-0.4, -0.2) is 51.7 Å². The highest BCUT2D eigenvalue weighted by atomic mass is 15.3. The van der Waals surface area contributed by atoms with Gasteiger partial charge in [0.25, 0.3) is 0 Å². The highest BCUT2D eigenvalue weighted by Crippen LogP contribution is 2.40. The van der Waals surface area contributed by atoms with Gasteiger partial charge in [0.15, 0.2) is 0 Å². The van der Waals surface area contributed by atoms with E-state index in [4.69, 9.17) is 9.97 Å². The van der Waals surface area contributed by atoms with Crippen LogP contribution in [0.2, 0.25) is 0 Å². The van der Waals surface area contributed by atoms with Gasteiger partial charge in [0.05, 0.1) is 11.2 Å². The molecule has 2 aromatic carbocycles. The van der Waals surface area contributed by atoms with Crippen molar-refractivity contribution in [3.63, 3.8) is 0 Å². The van der Waals surface area contributed by atoms with Gasteiger partial charge in [-0.15, -0.1) is 0 Å². The van der Waals surface area contributed by atoms with Crippen LogP contribution in [0.15, 0.2) is 48.5 Å². The fraction of sp³-hybridized carbons (Fsp3) is 0.438. The van der Waals surface area contributed by atoms with E-state index in [0.29, 0.717) is 12.0 Å². The molecule has 1 N–H and O–H groups in total. The molecule has 6 heteroatoms. The van der Waals surface area contributed by atoms with Gasteiger partial charge in [0.2, 0.25) is 0 Å². The maximum absolute atomic E-state index is 5.17. The minimum atomic E-state index is 0.568. The highest BCUT2D eigenvalue weighted by molar-refractivity contribution is 5.95. The molecule has 1 aliphatic heterocycles. The summed E-state index contributed by atoms with van der Waals surface area (Å²) in [5.41, 5.74) is 9.16. The summed E-state index contributed by atoms with van der Waals surface area (Å²) in [6, 6.07) is 18.5. The lowest BCUT2D eigenvalue weighted by Gasteiger charge is -2.38. The van der Waals surface area contributed by atoms with E-state index in [9.17, 15) is 0 Å². The molecule has 1 aliphatic carbocycles. The van der Waals surface area contributed by atoms with E-state index < -0.39 is 0 Å². The molecule has 2 fully saturated rings. The van der Waals surface area contributed by atoms with Gasteiger partial charge in [-0.25, -0.2) is 9.97 Å². The van der Waals surface area contributed by atoms with E-state index in [-0.39, 0.29) is 0 Å². The molecule has 3 heterocycles. The quantitative estimate of drug-likeness (QED) is 0.311. The number of piperazine rings is 1. The summed E-state index contributed by atoms with van der Waals surface area (Å²) < 4.78 is 2.31. The molecule has 0 atom stereocenters. The Labute approximate surface area is 226 Å². The summed E-state index contributed by atoms with van der Waals surface area (Å²) in [6.07, 6.45) is 3.77. The van der Waals surface area contributed by atoms with Crippen LogP contribution < -0.4 is 10.2 Å². The van der Waals surface area contributed by atoms with Crippen LogP contribution in [0.25, 0.3) is 22.2 Å². The van der Waals surface area contributed by atoms with E-state index in [2.05, 4.69) is 96.0 Å². The molecular weight excluding hydrogens is 468 g/mol. The van der Waals surface area contributed by atoms with Crippen LogP contribution in [0.5, 0.6) is 0 Å². The van der Waals surface area contributed by atoms with Gasteiger partial charge in [-0.05, 0) is 93.6 Å². The Morgan fingerprint density at radius 2 is 1.61 bits per heavy atom. The number of imidazole rings is 1. The molecule has 0 spiro atoms. The van der Waals surface area contributed by atoms with Crippen molar-refractivity contribution in [1.29, 1.82) is 0 Å². The predicted octanol–water partition coefficient (Wildman–Crippen LogP) is 6.79. The zero-order valence-corrected chi connectivity index (χ0v) is 23.5. The molecule has 4 aromatic rings. The van der Waals surface area contributed by atoms with Crippen LogP contribution in [0, 0.1) is 13.8 Å². The Kier molecular flexibility index (Phi) is 6.60. The number of aryl methyl sites for hydroxylation is 3. The van der Waals surface area contributed by atoms with Gasteiger partial charge in [0.1, 0.15) is 17.2 Å². The van der Waals surface area contributed by atoms with Crippen LogP contribution in [0.4, 0.5) is 17.2 Å². The number of nitrogens with zero attached hydrogens (tertiary/aromatic N) is 5. The summed E-state index contributed by atoms with van der Waals surface area (Å²) in [6.45, 7) is 13.2. The first-order valence-electron chi connectivity index (χ1n) is 14.2. The molecule has 198 valence electrons. The lowest BCUT2D eigenvalue weighted by atomic mass is 9.85. The van der Waals surface area contributed by atoms with Crippen molar-refractivity contribution in [2.75, 3.05) is 36.4 Å². The van der Waals surface area contributed by atoms with Crippen molar-refractivity contribution in [2.45, 2.75) is 58.9 Å². The first-order chi connectivity index (χ1) is 18.4. The Morgan fingerprint density at radius 1 is 0.868 bits per heavy atom. The topological polar surface area (TPSA) is 49.2 Å². The number of hydrogen-bond acceptors (Lipinski definition) is 5. The van der Waals surface area contributed by atoms with Crippen LogP contribution >= 0.6 is 0 Å². The minimum Gasteiger partial charge on any atom is -0.369 e. The Hall–Kier alpha value is -3.38. The monoisotopic (exact) mass is 508 g/mol. The largest absolute Gasteiger partial charge is 0.369 e. The Morgan fingerprint density at radius 3 is 2.24 bits per heavy atom. The van der Waals surface area contributed by atoms with Crippen LogP contribution in [-0.2, 0) is 7.05 Å². The summed E-state index contributed by atoms with van der Waals surface area (Å²) in [5, 5.41) is 3.63. The molecule has 1 saturated heterocycles. The number of hydrogen-bond donors (Lipinski definition) is 1. The second-order valence-electron chi connectivity index (χ2n) is 11.5. The Bertz CT molecular complexity index is 1420. The maximum Gasteiger partial charge on any atom is 0.130 e. The fourth-order valence-electron chi connectivity index (χ4n) is 6.00. The summed E-state index contributed by atoms with van der Waals surface area (Å²) in [7, 11) is 2.17. The number of aromatic nitrogens is 3. The zero-order chi connectivity index (χ0) is 26.4. The molecule has 2 aromatic heterocycles. The standard InChI is InChI=1S/C32H40N6/c1-21(2)37-13-15-38(16-14-37)27-11-9-24(10-12-27)26-19-28(34-30-18-22(3)17-23(4)33-30)31-29(20-26)36(5)32(35-31)25-7-6-8-25/h9-12,17-21,25H,6-8,13-16H2,1-5H3,(H,33,34). The van der Waals surface area contributed by atoms with E-state index in [1.165, 1.54) is 53.0 Å². The molecular formula is C32H40N6. The minimum absolute atomic E-state index is 0.568. The summed E-state index contributed by atoms with van der Waals surface area (Å²) >= 11 is 0. The van der Waals surface area contributed by atoms with Crippen molar-refractivity contribution < 1.29 is 0 Å². The van der Waals surface area contributed by atoms with Crippen molar-refractivity contribution in [3.05, 3.63) is 65.6 Å². The predicted molar refractivity (Wildman–Crippen MR) is 159 cm³/mol. The number of benzene rings is 2. The third-order valence-corrected chi connectivity index (χ3v) is 8.46. The third-order valence-electron chi connectivity index (χ3n) is 8.46. The molecule has 0 bridgehead atoms. The molecule has 0 radical (unpaired) electrons. The van der Waals surface area contributed by atoms with E-state index in [1.807, 2.05) is 6.92 Å². The maximum atomic E-state index is 5.17. The number of anilines is 3. The average molecular weight is 509 g/mol. The van der Waals surface area contributed by atoms with Crippen LogP contribution in [0.1, 0.15) is 56.1 Å². The molecule has 2 aliphatic rings. The molecule has 6 rings (SSSR count). The van der Waals surface area contributed by atoms with Gasteiger partial charge in [-0.1, -0.05) is 18.6 Å². The second-order valence-corrected chi connectivity index (χ2v) is 11.5. The highest BCUT2D eigenvalue weighted by Gasteiger charge is 2.26. The van der Waals surface area contributed by atoms with E-state index >= 15 is 0 Å². The molecule has 1 saturated carbocycles. The number of rotatable bonds is 6. The van der Waals surface area contributed by atoms with Gasteiger partial charge in [0, 0.05) is 56.6 Å². The average Bonchev–Trinajstić information content (AvgIpc) is 3.18. The fourth-order valence-corrected chi connectivity index (χ4v) is 6.00.